The number of hydrogen-bond acceptors (Lipinski definition) is 3. The summed E-state index contributed by atoms with van der Waals surface area (Å²) in [5.74, 6) is 0.682. The molecule has 1 fully saturated rings. The molecule has 0 aliphatic carbocycles. The van der Waals surface area contributed by atoms with Crippen molar-refractivity contribution in [2.75, 3.05) is 32.1 Å². The second-order valence-corrected chi connectivity index (χ2v) is 5.12. The minimum atomic E-state index is 0.185. The van der Waals surface area contributed by atoms with Crippen molar-refractivity contribution in [1.29, 1.82) is 0 Å². The van der Waals surface area contributed by atoms with Gasteiger partial charge in [-0.1, -0.05) is 0 Å². The number of aromatic nitrogens is 1. The van der Waals surface area contributed by atoms with Crippen molar-refractivity contribution in [3.05, 3.63) is 24.0 Å². The summed E-state index contributed by atoms with van der Waals surface area (Å²) in [6.07, 6.45) is 3.97. The van der Waals surface area contributed by atoms with Gasteiger partial charge in [0, 0.05) is 45.7 Å². The summed E-state index contributed by atoms with van der Waals surface area (Å²) < 4.78 is 0. The van der Waals surface area contributed by atoms with Gasteiger partial charge in [0.15, 0.2) is 0 Å². The largest absolute Gasteiger partial charge is 0.376 e. The van der Waals surface area contributed by atoms with E-state index in [1.807, 2.05) is 25.2 Å². The third-order valence-corrected chi connectivity index (χ3v) is 3.65. The highest BCUT2D eigenvalue weighted by molar-refractivity contribution is 5.73. The molecule has 4 nitrogen and oxygen atoms in total. The molecule has 0 aromatic carbocycles. The van der Waals surface area contributed by atoms with Crippen LogP contribution in [0.3, 0.4) is 0 Å². The van der Waals surface area contributed by atoms with Gasteiger partial charge in [-0.3, -0.25) is 9.78 Å². The van der Waals surface area contributed by atoms with E-state index in [0.29, 0.717) is 5.92 Å². The quantitative estimate of drug-likeness (QED) is 0.800. The highest BCUT2D eigenvalue weighted by atomic mass is 16.2. The van der Waals surface area contributed by atoms with Crippen LogP contribution in [-0.4, -0.2) is 43.0 Å². The number of carbonyl (C=O) groups excluding carboxylic acids is 1. The van der Waals surface area contributed by atoms with Gasteiger partial charge in [-0.25, -0.2) is 0 Å². The number of hydrogen-bond donors (Lipinski definition) is 0. The Kier molecular flexibility index (Phi) is 3.84. The molecule has 1 amide bonds. The number of anilines is 1. The highest BCUT2D eigenvalue weighted by Gasteiger charge is 2.22. The first-order valence-electron chi connectivity index (χ1n) is 6.46. The summed E-state index contributed by atoms with van der Waals surface area (Å²) in [4.78, 5) is 19.8. The van der Waals surface area contributed by atoms with Crippen LogP contribution in [0, 0.1) is 0 Å². The number of nitrogens with zero attached hydrogens (tertiary/aromatic N) is 3. The molecule has 1 aromatic rings. The fourth-order valence-corrected chi connectivity index (χ4v) is 2.39. The Balaban J connectivity index is 1.99. The van der Waals surface area contributed by atoms with E-state index in [2.05, 4.69) is 22.0 Å². The number of carbonyl (C=O) groups is 1. The predicted molar refractivity (Wildman–Crippen MR) is 72.8 cm³/mol. The molecule has 98 valence electrons. The predicted octanol–water partition coefficient (Wildman–Crippen LogP) is 1.87. The van der Waals surface area contributed by atoms with Crippen LogP contribution in [0.25, 0.3) is 0 Å². The summed E-state index contributed by atoms with van der Waals surface area (Å²) in [6.45, 7) is 3.36. The average Bonchev–Trinajstić information content (AvgIpc) is 2.39. The average molecular weight is 247 g/mol. The van der Waals surface area contributed by atoms with Crippen LogP contribution in [0.15, 0.2) is 18.3 Å². The normalized spacial score (nSPS) is 16.7. The Labute approximate surface area is 109 Å². The first kappa shape index (κ1) is 12.9. The number of rotatable bonds is 2. The van der Waals surface area contributed by atoms with Crippen LogP contribution in [0.5, 0.6) is 0 Å². The third-order valence-electron chi connectivity index (χ3n) is 3.65. The van der Waals surface area contributed by atoms with Crippen molar-refractivity contribution in [1.82, 2.24) is 9.88 Å². The zero-order chi connectivity index (χ0) is 13.1. The molecule has 0 spiro atoms. The first-order valence-corrected chi connectivity index (χ1v) is 6.46. The summed E-state index contributed by atoms with van der Waals surface area (Å²) in [6, 6.07) is 4.23. The number of pyridine rings is 1. The zero-order valence-electron chi connectivity index (χ0n) is 11.4. The van der Waals surface area contributed by atoms with Gasteiger partial charge in [0.05, 0.1) is 11.9 Å². The summed E-state index contributed by atoms with van der Waals surface area (Å²) in [5, 5.41) is 0. The highest BCUT2D eigenvalue weighted by Crippen LogP contribution is 2.27. The Morgan fingerprint density at radius 1 is 1.33 bits per heavy atom. The monoisotopic (exact) mass is 247 g/mol. The lowest BCUT2D eigenvalue weighted by atomic mass is 9.93. The SMILES string of the molecule is CC(=O)N1CCC(c2ccc(N(C)C)cn2)CC1. The van der Waals surface area contributed by atoms with E-state index in [9.17, 15) is 4.79 Å². The minimum Gasteiger partial charge on any atom is -0.376 e. The first-order chi connectivity index (χ1) is 8.58. The lowest BCUT2D eigenvalue weighted by Gasteiger charge is -2.31. The summed E-state index contributed by atoms with van der Waals surface area (Å²) in [5.41, 5.74) is 2.28. The van der Waals surface area contributed by atoms with Crippen molar-refractivity contribution >= 4 is 11.6 Å². The molecule has 0 saturated carbocycles. The van der Waals surface area contributed by atoms with Gasteiger partial charge in [-0.05, 0) is 25.0 Å². The maximum atomic E-state index is 11.3. The topological polar surface area (TPSA) is 36.4 Å². The van der Waals surface area contributed by atoms with Gasteiger partial charge < -0.3 is 9.80 Å². The Hall–Kier alpha value is -1.58. The van der Waals surface area contributed by atoms with E-state index in [4.69, 9.17) is 0 Å². The fourth-order valence-electron chi connectivity index (χ4n) is 2.39. The van der Waals surface area contributed by atoms with E-state index in [1.54, 1.807) is 6.92 Å². The van der Waals surface area contributed by atoms with E-state index in [-0.39, 0.29) is 5.91 Å². The zero-order valence-corrected chi connectivity index (χ0v) is 11.4. The van der Waals surface area contributed by atoms with Crippen molar-refractivity contribution in [2.45, 2.75) is 25.7 Å². The Morgan fingerprint density at radius 3 is 2.44 bits per heavy atom. The molecule has 0 atom stereocenters. The number of piperidine rings is 1. The van der Waals surface area contributed by atoms with Gasteiger partial charge >= 0.3 is 0 Å². The second kappa shape index (κ2) is 5.38. The third kappa shape index (κ3) is 2.81. The second-order valence-electron chi connectivity index (χ2n) is 5.12. The number of likely N-dealkylation sites (tertiary alicyclic amines) is 1. The standard InChI is InChI=1S/C14H21N3O/c1-11(18)17-8-6-12(7-9-17)14-5-4-13(10-15-14)16(2)3/h4-5,10,12H,6-9H2,1-3H3. The molecule has 0 unspecified atom stereocenters. The van der Waals surface area contributed by atoms with E-state index >= 15 is 0 Å². The van der Waals surface area contributed by atoms with Crippen molar-refractivity contribution < 1.29 is 4.79 Å². The lowest BCUT2D eigenvalue weighted by Crippen LogP contribution is -2.36. The molecule has 0 bridgehead atoms. The van der Waals surface area contributed by atoms with Crippen LogP contribution >= 0.6 is 0 Å². The Morgan fingerprint density at radius 2 is 2.00 bits per heavy atom. The molecule has 0 radical (unpaired) electrons. The van der Waals surface area contributed by atoms with Gasteiger partial charge in [-0.15, -0.1) is 0 Å². The fraction of sp³-hybridized carbons (Fsp3) is 0.571. The van der Waals surface area contributed by atoms with Crippen molar-refractivity contribution in [3.8, 4) is 0 Å². The molecule has 18 heavy (non-hydrogen) atoms. The van der Waals surface area contributed by atoms with Crippen LogP contribution in [-0.2, 0) is 4.79 Å². The van der Waals surface area contributed by atoms with Crippen LogP contribution in [0.2, 0.25) is 0 Å². The minimum absolute atomic E-state index is 0.185. The van der Waals surface area contributed by atoms with Gasteiger partial charge in [-0.2, -0.15) is 0 Å². The molecule has 1 aliphatic heterocycles. The molecular weight excluding hydrogens is 226 g/mol. The molecule has 1 aromatic heterocycles. The van der Waals surface area contributed by atoms with Crippen LogP contribution in [0.1, 0.15) is 31.4 Å². The molecule has 2 heterocycles. The maximum absolute atomic E-state index is 11.3. The van der Waals surface area contributed by atoms with Gasteiger partial charge in [0.25, 0.3) is 0 Å². The molecule has 1 aliphatic rings. The van der Waals surface area contributed by atoms with Crippen molar-refractivity contribution in [2.24, 2.45) is 0 Å². The van der Waals surface area contributed by atoms with E-state index in [1.165, 1.54) is 0 Å². The summed E-state index contributed by atoms with van der Waals surface area (Å²) in [7, 11) is 4.03. The molecule has 0 N–H and O–H groups in total. The van der Waals surface area contributed by atoms with Crippen molar-refractivity contribution in [3.63, 3.8) is 0 Å². The molecule has 4 heteroatoms. The van der Waals surface area contributed by atoms with Crippen LogP contribution in [0.4, 0.5) is 5.69 Å². The van der Waals surface area contributed by atoms with E-state index < -0.39 is 0 Å². The van der Waals surface area contributed by atoms with Gasteiger partial charge in [0.1, 0.15) is 0 Å². The van der Waals surface area contributed by atoms with E-state index in [0.717, 1.165) is 37.3 Å². The molecule has 1 saturated heterocycles. The Bertz CT molecular complexity index is 406. The molecular formula is C14H21N3O. The summed E-state index contributed by atoms with van der Waals surface area (Å²) >= 11 is 0. The smallest absolute Gasteiger partial charge is 0.219 e. The van der Waals surface area contributed by atoms with Crippen LogP contribution < -0.4 is 4.90 Å². The lowest BCUT2D eigenvalue weighted by molar-refractivity contribution is -0.129. The molecule has 2 rings (SSSR count). The number of amides is 1. The van der Waals surface area contributed by atoms with Gasteiger partial charge in [0.2, 0.25) is 5.91 Å². The maximum Gasteiger partial charge on any atom is 0.219 e.